The van der Waals surface area contributed by atoms with Crippen LogP contribution >= 0.6 is 0 Å². The molecule has 1 N–H and O–H groups in total. The molecule has 0 atom stereocenters. The summed E-state index contributed by atoms with van der Waals surface area (Å²) >= 11 is 0. The van der Waals surface area contributed by atoms with Crippen molar-refractivity contribution in [2.45, 2.75) is 19.9 Å². The first-order chi connectivity index (χ1) is 13.3. The van der Waals surface area contributed by atoms with Gasteiger partial charge in [-0.3, -0.25) is 5.10 Å². The van der Waals surface area contributed by atoms with Crippen LogP contribution in [0.15, 0.2) is 55.0 Å². The number of hydrogen-bond donors (Lipinski definition) is 1. The quantitative estimate of drug-likeness (QED) is 0.485. The highest BCUT2D eigenvalue weighted by molar-refractivity contribution is 5.87. The zero-order valence-corrected chi connectivity index (χ0v) is 15.2. The number of rotatable bonds is 7. The maximum atomic E-state index is 13.2. The molecule has 0 spiro atoms. The Morgan fingerprint density at radius 2 is 1.89 bits per heavy atom. The normalized spacial score (nSPS) is 11.3. The van der Waals surface area contributed by atoms with Crippen molar-refractivity contribution in [3.8, 4) is 22.4 Å². The van der Waals surface area contributed by atoms with Gasteiger partial charge in [0.25, 0.3) is 0 Å². The number of nitrogens with zero attached hydrogens (tertiary/aromatic N) is 3. The maximum absolute atomic E-state index is 13.2. The Morgan fingerprint density at radius 3 is 2.70 bits per heavy atom. The molecule has 0 saturated carbocycles. The van der Waals surface area contributed by atoms with E-state index in [0.717, 1.165) is 53.0 Å². The largest absolute Gasteiger partial charge is 0.380 e. The number of aromatic nitrogens is 4. The SMILES string of the molecule is CCCOCCn1cnc2cc(-c3cn[nH]c3-c3ccc(F)cc3)ccc21. The third kappa shape index (κ3) is 3.61. The highest BCUT2D eigenvalue weighted by Crippen LogP contribution is 2.31. The summed E-state index contributed by atoms with van der Waals surface area (Å²) < 4.78 is 20.9. The van der Waals surface area contributed by atoms with Gasteiger partial charge in [0, 0.05) is 24.3 Å². The van der Waals surface area contributed by atoms with Crippen LogP contribution in [0.2, 0.25) is 0 Å². The average Bonchev–Trinajstić information content (AvgIpc) is 3.33. The Bertz CT molecular complexity index is 1040. The monoisotopic (exact) mass is 364 g/mol. The summed E-state index contributed by atoms with van der Waals surface area (Å²) in [4.78, 5) is 4.53. The number of imidazole rings is 1. The van der Waals surface area contributed by atoms with Gasteiger partial charge < -0.3 is 9.30 Å². The number of ether oxygens (including phenoxy) is 1. The van der Waals surface area contributed by atoms with Crippen molar-refractivity contribution in [3.63, 3.8) is 0 Å². The van der Waals surface area contributed by atoms with Crippen molar-refractivity contribution in [1.82, 2.24) is 19.7 Å². The number of halogens is 1. The number of nitrogens with one attached hydrogen (secondary N) is 1. The molecule has 0 aliphatic rings. The van der Waals surface area contributed by atoms with Gasteiger partial charge in [0.2, 0.25) is 0 Å². The molecule has 0 aliphatic heterocycles. The molecule has 138 valence electrons. The van der Waals surface area contributed by atoms with E-state index in [1.165, 1.54) is 12.1 Å². The molecule has 4 rings (SSSR count). The molecule has 5 nitrogen and oxygen atoms in total. The number of H-pyrrole nitrogens is 1. The van der Waals surface area contributed by atoms with Crippen molar-refractivity contribution >= 4 is 11.0 Å². The molecule has 0 bridgehead atoms. The fourth-order valence-electron chi connectivity index (χ4n) is 3.16. The van der Waals surface area contributed by atoms with Crippen molar-refractivity contribution in [1.29, 1.82) is 0 Å². The molecule has 0 saturated heterocycles. The molecule has 2 aromatic heterocycles. The molecular weight excluding hydrogens is 343 g/mol. The standard InChI is InChI=1S/C21H21FN4O/c1-2-10-27-11-9-26-14-23-19-12-16(5-8-20(19)26)18-13-24-25-21(18)15-3-6-17(22)7-4-15/h3-8,12-14H,2,9-11H2,1H3,(H,24,25). The number of aromatic amines is 1. The van der Waals surface area contributed by atoms with E-state index in [1.54, 1.807) is 18.3 Å². The summed E-state index contributed by atoms with van der Waals surface area (Å²) in [6, 6.07) is 12.6. The van der Waals surface area contributed by atoms with E-state index in [0.29, 0.717) is 6.61 Å². The Labute approximate surface area is 156 Å². The number of fused-ring (bicyclic) bond motifs is 1. The summed E-state index contributed by atoms with van der Waals surface area (Å²) in [6.45, 7) is 4.34. The van der Waals surface area contributed by atoms with E-state index >= 15 is 0 Å². The molecular formula is C21H21FN4O. The first-order valence-electron chi connectivity index (χ1n) is 9.08. The summed E-state index contributed by atoms with van der Waals surface area (Å²) in [5, 5.41) is 7.20. The topological polar surface area (TPSA) is 55.7 Å². The van der Waals surface area contributed by atoms with Crippen LogP contribution in [0.25, 0.3) is 33.4 Å². The highest BCUT2D eigenvalue weighted by atomic mass is 19.1. The van der Waals surface area contributed by atoms with Crippen LogP contribution in [0.3, 0.4) is 0 Å². The molecule has 6 heteroatoms. The zero-order chi connectivity index (χ0) is 18.6. The van der Waals surface area contributed by atoms with Crippen LogP contribution < -0.4 is 0 Å². The lowest BCUT2D eigenvalue weighted by molar-refractivity contribution is 0.127. The first-order valence-corrected chi connectivity index (χ1v) is 9.08. The molecule has 0 fully saturated rings. The van der Waals surface area contributed by atoms with E-state index < -0.39 is 0 Å². The minimum absolute atomic E-state index is 0.255. The highest BCUT2D eigenvalue weighted by Gasteiger charge is 2.12. The molecule has 2 heterocycles. The first kappa shape index (κ1) is 17.4. The Kier molecular flexibility index (Phi) is 4.98. The van der Waals surface area contributed by atoms with Gasteiger partial charge in [0.05, 0.1) is 35.9 Å². The third-order valence-electron chi connectivity index (χ3n) is 4.53. The van der Waals surface area contributed by atoms with Gasteiger partial charge in [-0.05, 0) is 48.4 Å². The van der Waals surface area contributed by atoms with E-state index in [4.69, 9.17) is 4.74 Å². The molecule has 0 aliphatic carbocycles. The van der Waals surface area contributed by atoms with Gasteiger partial charge in [-0.2, -0.15) is 5.10 Å². The van der Waals surface area contributed by atoms with Gasteiger partial charge >= 0.3 is 0 Å². The van der Waals surface area contributed by atoms with Crippen LogP contribution in [0, 0.1) is 5.82 Å². The summed E-state index contributed by atoms with van der Waals surface area (Å²) in [5.74, 6) is -0.255. The Balaban J connectivity index is 1.62. The number of benzene rings is 2. The minimum atomic E-state index is -0.255. The fourth-order valence-corrected chi connectivity index (χ4v) is 3.16. The maximum Gasteiger partial charge on any atom is 0.123 e. The molecule has 4 aromatic rings. The zero-order valence-electron chi connectivity index (χ0n) is 15.2. The average molecular weight is 364 g/mol. The van der Waals surface area contributed by atoms with Crippen LogP contribution in [0.4, 0.5) is 4.39 Å². The van der Waals surface area contributed by atoms with Gasteiger partial charge in [-0.15, -0.1) is 0 Å². The summed E-state index contributed by atoms with van der Waals surface area (Å²) in [5.41, 5.74) is 5.73. The third-order valence-corrected chi connectivity index (χ3v) is 4.53. The Hall–Kier alpha value is -2.99. The van der Waals surface area contributed by atoms with Gasteiger partial charge in [-0.25, -0.2) is 9.37 Å². The minimum Gasteiger partial charge on any atom is -0.380 e. The van der Waals surface area contributed by atoms with Crippen molar-refractivity contribution < 1.29 is 9.13 Å². The molecule has 27 heavy (non-hydrogen) atoms. The van der Waals surface area contributed by atoms with Crippen LogP contribution in [-0.4, -0.2) is 33.0 Å². The van der Waals surface area contributed by atoms with Crippen LogP contribution in [-0.2, 0) is 11.3 Å². The smallest absolute Gasteiger partial charge is 0.123 e. The van der Waals surface area contributed by atoms with E-state index in [9.17, 15) is 4.39 Å². The second kappa shape index (κ2) is 7.72. The predicted octanol–water partition coefficient (Wildman–Crippen LogP) is 4.66. The second-order valence-electron chi connectivity index (χ2n) is 6.42. The lowest BCUT2D eigenvalue weighted by Gasteiger charge is -2.07. The lowest BCUT2D eigenvalue weighted by Crippen LogP contribution is -2.05. The van der Waals surface area contributed by atoms with Gasteiger partial charge in [0.1, 0.15) is 5.82 Å². The van der Waals surface area contributed by atoms with Crippen molar-refractivity contribution in [2.75, 3.05) is 13.2 Å². The molecule has 0 radical (unpaired) electrons. The predicted molar refractivity (Wildman–Crippen MR) is 104 cm³/mol. The molecule has 0 unspecified atom stereocenters. The lowest BCUT2D eigenvalue weighted by atomic mass is 10.0. The van der Waals surface area contributed by atoms with E-state index in [-0.39, 0.29) is 5.82 Å². The van der Waals surface area contributed by atoms with Crippen LogP contribution in [0.1, 0.15) is 13.3 Å². The van der Waals surface area contributed by atoms with Gasteiger partial charge in [-0.1, -0.05) is 13.0 Å². The molecule has 2 aromatic carbocycles. The van der Waals surface area contributed by atoms with E-state index in [2.05, 4.69) is 44.9 Å². The van der Waals surface area contributed by atoms with E-state index in [1.807, 2.05) is 6.33 Å². The fraction of sp³-hybridized carbons (Fsp3) is 0.238. The van der Waals surface area contributed by atoms with Crippen molar-refractivity contribution in [3.05, 3.63) is 60.8 Å². The van der Waals surface area contributed by atoms with Gasteiger partial charge in [0.15, 0.2) is 0 Å². The van der Waals surface area contributed by atoms with Crippen LogP contribution in [0.5, 0.6) is 0 Å². The second-order valence-corrected chi connectivity index (χ2v) is 6.42. The number of hydrogen-bond acceptors (Lipinski definition) is 3. The summed E-state index contributed by atoms with van der Waals surface area (Å²) in [7, 11) is 0. The summed E-state index contributed by atoms with van der Waals surface area (Å²) in [6.07, 6.45) is 4.66. The Morgan fingerprint density at radius 1 is 1.07 bits per heavy atom. The van der Waals surface area contributed by atoms with Crippen molar-refractivity contribution in [2.24, 2.45) is 0 Å². The molecule has 0 amide bonds.